The molecule has 0 saturated carbocycles. The van der Waals surface area contributed by atoms with Gasteiger partial charge in [-0.25, -0.2) is 0 Å². The van der Waals surface area contributed by atoms with E-state index >= 15 is 0 Å². The van der Waals surface area contributed by atoms with E-state index in [0.717, 1.165) is 37.9 Å². The second-order valence-electron chi connectivity index (χ2n) is 8.39. The van der Waals surface area contributed by atoms with Crippen LogP contribution in [0.15, 0.2) is 18.2 Å². The molecule has 0 saturated heterocycles. The summed E-state index contributed by atoms with van der Waals surface area (Å²) in [6.07, 6.45) is 5.37. The fourth-order valence-electron chi connectivity index (χ4n) is 2.75. The highest BCUT2D eigenvalue weighted by Gasteiger charge is 2.21. The van der Waals surface area contributed by atoms with E-state index < -0.39 is 0 Å². The molecule has 0 radical (unpaired) electrons. The van der Waals surface area contributed by atoms with Gasteiger partial charge >= 0.3 is 0 Å². The minimum Gasteiger partial charge on any atom is -0.494 e. The molecule has 6 nitrogen and oxygen atoms in total. The van der Waals surface area contributed by atoms with E-state index in [1.54, 1.807) is 7.11 Å². The molecule has 28 heavy (non-hydrogen) atoms. The summed E-state index contributed by atoms with van der Waals surface area (Å²) in [5.74, 6) is 0.794. The molecule has 2 amide bonds. The van der Waals surface area contributed by atoms with Crippen LogP contribution in [0.3, 0.4) is 0 Å². The van der Waals surface area contributed by atoms with Gasteiger partial charge < -0.3 is 20.3 Å². The van der Waals surface area contributed by atoms with Crippen molar-refractivity contribution in [3.05, 3.63) is 18.2 Å². The van der Waals surface area contributed by atoms with Gasteiger partial charge in [-0.05, 0) is 37.3 Å². The van der Waals surface area contributed by atoms with E-state index in [1.165, 1.54) is 0 Å². The number of carbonyl (C=O) groups excluding carboxylic acids is 2. The zero-order chi connectivity index (χ0) is 21.2. The van der Waals surface area contributed by atoms with Crippen molar-refractivity contribution < 1.29 is 14.3 Å². The Morgan fingerprint density at radius 2 is 1.89 bits per heavy atom. The van der Waals surface area contributed by atoms with Crippen molar-refractivity contribution in [2.24, 2.45) is 5.41 Å². The zero-order valence-corrected chi connectivity index (χ0v) is 18.3. The lowest BCUT2D eigenvalue weighted by atomic mass is 9.88. The number of rotatable bonds is 12. The molecule has 2 N–H and O–H groups in total. The molecule has 1 aromatic carbocycles. The molecule has 0 aliphatic carbocycles. The first-order valence-corrected chi connectivity index (χ1v) is 10.1. The molecule has 0 heterocycles. The van der Waals surface area contributed by atoms with Crippen LogP contribution in [0.2, 0.25) is 0 Å². The maximum atomic E-state index is 12.0. The maximum absolute atomic E-state index is 12.0. The molecule has 1 atom stereocenters. The Labute approximate surface area is 170 Å². The number of anilines is 2. The fraction of sp³-hybridized carbons (Fsp3) is 0.636. The molecule has 158 valence electrons. The zero-order valence-electron chi connectivity index (χ0n) is 18.3. The average molecular weight is 392 g/mol. The quantitative estimate of drug-likeness (QED) is 0.414. The number of unbranched alkanes of at least 4 members (excludes halogenated alkanes) is 3. The van der Waals surface area contributed by atoms with Crippen LogP contribution in [0.25, 0.3) is 0 Å². The molecule has 1 rings (SSSR count). The van der Waals surface area contributed by atoms with E-state index in [4.69, 9.17) is 4.74 Å². The first-order chi connectivity index (χ1) is 13.2. The number of nitrogens with one attached hydrogen (secondary N) is 2. The van der Waals surface area contributed by atoms with E-state index in [0.29, 0.717) is 24.3 Å². The van der Waals surface area contributed by atoms with Crippen molar-refractivity contribution in [2.75, 3.05) is 30.9 Å². The Morgan fingerprint density at radius 1 is 1.21 bits per heavy atom. The summed E-state index contributed by atoms with van der Waals surface area (Å²) in [6.45, 7) is 9.39. The second kappa shape index (κ2) is 11.6. The van der Waals surface area contributed by atoms with Gasteiger partial charge in [0.05, 0.1) is 12.8 Å². The van der Waals surface area contributed by atoms with Crippen LogP contribution < -0.4 is 20.3 Å². The summed E-state index contributed by atoms with van der Waals surface area (Å²) in [5.41, 5.74) is 1.79. The van der Waals surface area contributed by atoms with Crippen molar-refractivity contribution in [3.63, 3.8) is 0 Å². The molecular formula is C22H37N3O3. The summed E-state index contributed by atoms with van der Waals surface area (Å²) < 4.78 is 5.33. The lowest BCUT2D eigenvalue weighted by molar-refractivity contribution is -0.122. The fourth-order valence-corrected chi connectivity index (χ4v) is 2.75. The van der Waals surface area contributed by atoms with Crippen LogP contribution in [0, 0.1) is 5.41 Å². The Kier molecular flexibility index (Phi) is 9.83. The summed E-state index contributed by atoms with van der Waals surface area (Å²) >= 11 is 0. The van der Waals surface area contributed by atoms with Crippen molar-refractivity contribution in [3.8, 4) is 5.75 Å². The van der Waals surface area contributed by atoms with Gasteiger partial charge in [0.2, 0.25) is 12.3 Å². The molecule has 0 aliphatic heterocycles. The highest BCUT2D eigenvalue weighted by Crippen LogP contribution is 2.29. The van der Waals surface area contributed by atoms with Crippen molar-refractivity contribution in [2.45, 2.75) is 65.8 Å². The van der Waals surface area contributed by atoms with E-state index in [9.17, 15) is 9.59 Å². The largest absolute Gasteiger partial charge is 0.494 e. The minimum atomic E-state index is 0.0877. The number of benzene rings is 1. The monoisotopic (exact) mass is 391 g/mol. The number of ether oxygens (including phenoxy) is 1. The molecule has 0 fully saturated rings. The Bertz CT molecular complexity index is 626. The Morgan fingerprint density at radius 3 is 2.50 bits per heavy atom. The van der Waals surface area contributed by atoms with E-state index in [2.05, 4.69) is 43.2 Å². The average Bonchev–Trinajstić information content (AvgIpc) is 2.64. The summed E-state index contributed by atoms with van der Waals surface area (Å²) in [5, 5.41) is 5.72. The van der Waals surface area contributed by atoms with Gasteiger partial charge in [-0.2, -0.15) is 0 Å². The Hall–Kier alpha value is -2.24. The van der Waals surface area contributed by atoms with Crippen molar-refractivity contribution in [1.82, 2.24) is 5.32 Å². The van der Waals surface area contributed by atoms with Crippen molar-refractivity contribution >= 4 is 23.7 Å². The highest BCUT2D eigenvalue weighted by molar-refractivity contribution is 5.77. The van der Waals surface area contributed by atoms with Crippen molar-refractivity contribution in [1.29, 1.82) is 0 Å². The third-order valence-corrected chi connectivity index (χ3v) is 5.16. The van der Waals surface area contributed by atoms with Gasteiger partial charge in [-0.15, -0.1) is 0 Å². The van der Waals surface area contributed by atoms with Gasteiger partial charge in [0.1, 0.15) is 5.75 Å². The predicted octanol–water partition coefficient (Wildman–Crippen LogP) is 4.20. The van der Waals surface area contributed by atoms with Crippen LogP contribution in [-0.4, -0.2) is 39.1 Å². The third kappa shape index (κ3) is 8.19. The summed E-state index contributed by atoms with van der Waals surface area (Å²) in [6, 6.07) is 5.91. The summed E-state index contributed by atoms with van der Waals surface area (Å²) in [7, 11) is 3.64. The molecule has 1 unspecified atom stereocenters. The Balaban J connectivity index is 2.29. The highest BCUT2D eigenvalue weighted by atomic mass is 16.5. The molecular weight excluding hydrogens is 354 g/mol. The molecule has 0 bridgehead atoms. The predicted molar refractivity (Wildman–Crippen MR) is 116 cm³/mol. The number of nitrogens with zero attached hydrogens (tertiary/aromatic N) is 1. The number of carbonyl (C=O) groups is 2. The molecule has 0 aromatic heterocycles. The van der Waals surface area contributed by atoms with E-state index in [-0.39, 0.29) is 17.4 Å². The number of methoxy groups -OCH3 is 1. The molecule has 1 aromatic rings. The first-order valence-electron chi connectivity index (χ1n) is 10.1. The van der Waals surface area contributed by atoms with Gasteiger partial charge in [0.15, 0.2) is 0 Å². The SMILES string of the molecule is COc1cc(N(C)CCCCCCC(=O)NC(C)C(C)(C)C)ccc1NC=O. The first kappa shape index (κ1) is 23.8. The lowest BCUT2D eigenvalue weighted by Crippen LogP contribution is -2.41. The minimum absolute atomic E-state index is 0.0877. The standard InChI is InChI=1S/C22H37N3O3/c1-17(22(2,3)4)24-21(27)11-9-7-8-10-14-25(5)18-12-13-19(23-16-26)20(15-18)28-6/h12-13,15-17H,7-11,14H2,1-6H3,(H,23,26)(H,24,27). The molecule has 0 spiro atoms. The second-order valence-corrected chi connectivity index (χ2v) is 8.39. The lowest BCUT2D eigenvalue weighted by Gasteiger charge is -2.28. The number of hydrogen-bond donors (Lipinski definition) is 2. The number of hydrogen-bond acceptors (Lipinski definition) is 4. The maximum Gasteiger partial charge on any atom is 0.220 e. The van der Waals surface area contributed by atoms with Crippen LogP contribution in [0.4, 0.5) is 11.4 Å². The topological polar surface area (TPSA) is 70.7 Å². The number of amides is 2. The molecule has 0 aliphatic rings. The van der Waals surface area contributed by atoms with Gasteiger partial charge in [-0.1, -0.05) is 33.6 Å². The van der Waals surface area contributed by atoms with Crippen LogP contribution in [-0.2, 0) is 9.59 Å². The van der Waals surface area contributed by atoms with Crippen LogP contribution in [0.5, 0.6) is 5.75 Å². The van der Waals surface area contributed by atoms with Gasteiger partial charge in [0, 0.05) is 37.8 Å². The van der Waals surface area contributed by atoms with Gasteiger partial charge in [-0.3, -0.25) is 9.59 Å². The molecule has 6 heteroatoms. The third-order valence-electron chi connectivity index (χ3n) is 5.16. The van der Waals surface area contributed by atoms with Crippen LogP contribution >= 0.6 is 0 Å². The summed E-state index contributed by atoms with van der Waals surface area (Å²) in [4.78, 5) is 24.8. The normalized spacial score (nSPS) is 12.2. The van der Waals surface area contributed by atoms with E-state index in [1.807, 2.05) is 25.2 Å². The van der Waals surface area contributed by atoms with Crippen LogP contribution in [0.1, 0.15) is 59.8 Å². The van der Waals surface area contributed by atoms with Gasteiger partial charge in [0.25, 0.3) is 0 Å². The smallest absolute Gasteiger partial charge is 0.220 e.